The molecular formula is C15H17NO2. The Morgan fingerprint density at radius 1 is 1.22 bits per heavy atom. The van der Waals surface area contributed by atoms with Gasteiger partial charge >= 0.3 is 0 Å². The molecule has 1 aromatic carbocycles. The zero-order chi connectivity index (χ0) is 13.0. The molecule has 0 aliphatic carbocycles. The number of ether oxygens (including phenoxy) is 1. The van der Waals surface area contributed by atoms with Gasteiger partial charge in [-0.25, -0.2) is 0 Å². The second-order valence-corrected chi connectivity index (χ2v) is 4.21. The Morgan fingerprint density at radius 3 is 2.39 bits per heavy atom. The van der Waals surface area contributed by atoms with Crippen molar-refractivity contribution in [2.24, 2.45) is 0 Å². The van der Waals surface area contributed by atoms with E-state index in [1.165, 1.54) is 0 Å². The molecule has 1 aromatic rings. The summed E-state index contributed by atoms with van der Waals surface area (Å²) < 4.78 is 5.48. The van der Waals surface area contributed by atoms with Crippen LogP contribution < -0.4 is 0 Å². The molecule has 1 amide bonds. The van der Waals surface area contributed by atoms with Crippen molar-refractivity contribution in [2.75, 3.05) is 13.1 Å². The second-order valence-electron chi connectivity index (χ2n) is 4.21. The summed E-state index contributed by atoms with van der Waals surface area (Å²) in [6.45, 7) is 8.35. The summed E-state index contributed by atoms with van der Waals surface area (Å²) in [5.41, 5.74) is 1.05. The van der Waals surface area contributed by atoms with Crippen LogP contribution in [-0.2, 0) is 9.53 Å². The fourth-order valence-electron chi connectivity index (χ4n) is 1.94. The Bertz CT molecular complexity index is 431. The molecule has 2 atom stereocenters. The fraction of sp³-hybridized carbons (Fsp3) is 0.267. The predicted octanol–water partition coefficient (Wildman–Crippen LogP) is 2.33. The SMILES string of the molecule is C=CCN(CC=C)C(=O)[C@H]1O[C@@H]1c1ccccc1. The third kappa shape index (κ3) is 2.68. The molecule has 0 N–H and O–H groups in total. The van der Waals surface area contributed by atoms with Gasteiger partial charge in [0.05, 0.1) is 0 Å². The van der Waals surface area contributed by atoms with Crippen molar-refractivity contribution in [1.82, 2.24) is 4.90 Å². The molecule has 1 aliphatic rings. The van der Waals surface area contributed by atoms with Gasteiger partial charge in [0.2, 0.25) is 0 Å². The summed E-state index contributed by atoms with van der Waals surface area (Å²) >= 11 is 0. The first-order chi connectivity index (χ1) is 8.77. The van der Waals surface area contributed by atoms with E-state index < -0.39 is 0 Å². The molecule has 1 heterocycles. The lowest BCUT2D eigenvalue weighted by atomic mass is 10.1. The first kappa shape index (κ1) is 12.6. The average Bonchev–Trinajstić information content (AvgIpc) is 3.19. The zero-order valence-corrected chi connectivity index (χ0v) is 10.3. The second kappa shape index (κ2) is 5.65. The minimum absolute atomic E-state index is 0.00338. The summed E-state index contributed by atoms with van der Waals surface area (Å²) in [5.74, 6) is 0.00338. The van der Waals surface area contributed by atoms with E-state index in [9.17, 15) is 4.79 Å². The monoisotopic (exact) mass is 243 g/mol. The van der Waals surface area contributed by atoms with Gasteiger partial charge in [-0.2, -0.15) is 0 Å². The minimum Gasteiger partial charge on any atom is -0.354 e. The van der Waals surface area contributed by atoms with Gasteiger partial charge in [0.15, 0.2) is 6.10 Å². The van der Waals surface area contributed by atoms with Crippen molar-refractivity contribution in [2.45, 2.75) is 12.2 Å². The van der Waals surface area contributed by atoms with Crippen LogP contribution in [0.3, 0.4) is 0 Å². The Hall–Kier alpha value is -1.87. The molecule has 0 saturated carbocycles. The largest absolute Gasteiger partial charge is 0.354 e. The van der Waals surface area contributed by atoms with Gasteiger partial charge in [-0.3, -0.25) is 4.79 Å². The average molecular weight is 243 g/mol. The van der Waals surface area contributed by atoms with Crippen LogP contribution in [0.15, 0.2) is 55.6 Å². The number of epoxide rings is 1. The summed E-state index contributed by atoms with van der Waals surface area (Å²) in [6, 6.07) is 9.80. The standard InChI is InChI=1S/C15H17NO2/c1-3-10-16(11-4-2)15(17)14-13(18-14)12-8-6-5-7-9-12/h3-9,13-14H,1-2,10-11H2/t13-,14+/m1/s1. The molecule has 3 nitrogen and oxygen atoms in total. The molecule has 94 valence electrons. The molecular weight excluding hydrogens is 226 g/mol. The number of hydrogen-bond donors (Lipinski definition) is 0. The molecule has 1 fully saturated rings. The van der Waals surface area contributed by atoms with E-state index in [0.29, 0.717) is 13.1 Å². The van der Waals surface area contributed by atoms with Crippen LogP contribution in [0.5, 0.6) is 0 Å². The van der Waals surface area contributed by atoms with Gasteiger partial charge < -0.3 is 9.64 Å². The van der Waals surface area contributed by atoms with Crippen molar-refractivity contribution < 1.29 is 9.53 Å². The number of benzene rings is 1. The Kier molecular flexibility index (Phi) is 3.95. The van der Waals surface area contributed by atoms with Crippen LogP contribution in [0.2, 0.25) is 0 Å². The number of carbonyl (C=O) groups is 1. The molecule has 1 saturated heterocycles. The van der Waals surface area contributed by atoms with Crippen LogP contribution >= 0.6 is 0 Å². The normalized spacial score (nSPS) is 21.1. The number of amides is 1. The van der Waals surface area contributed by atoms with E-state index in [4.69, 9.17) is 4.74 Å². The molecule has 0 radical (unpaired) electrons. The summed E-state index contributed by atoms with van der Waals surface area (Å²) in [5, 5.41) is 0. The van der Waals surface area contributed by atoms with E-state index in [2.05, 4.69) is 13.2 Å². The summed E-state index contributed by atoms with van der Waals surface area (Å²) in [6.07, 6.45) is 2.96. The topological polar surface area (TPSA) is 32.8 Å². The fourth-order valence-corrected chi connectivity index (χ4v) is 1.94. The first-order valence-corrected chi connectivity index (χ1v) is 5.99. The highest BCUT2D eigenvalue weighted by Crippen LogP contribution is 2.39. The molecule has 1 aliphatic heterocycles. The van der Waals surface area contributed by atoms with Gasteiger partial charge in [0.1, 0.15) is 6.10 Å². The highest BCUT2D eigenvalue weighted by atomic mass is 16.6. The van der Waals surface area contributed by atoms with Crippen molar-refractivity contribution in [3.63, 3.8) is 0 Å². The lowest BCUT2D eigenvalue weighted by molar-refractivity contribution is -0.131. The van der Waals surface area contributed by atoms with Gasteiger partial charge in [0.25, 0.3) is 5.91 Å². The maximum atomic E-state index is 12.2. The highest BCUT2D eigenvalue weighted by Gasteiger charge is 2.47. The van der Waals surface area contributed by atoms with Gasteiger partial charge in [-0.15, -0.1) is 13.2 Å². The van der Waals surface area contributed by atoms with Gasteiger partial charge in [0, 0.05) is 13.1 Å². The number of carbonyl (C=O) groups excluding carboxylic acids is 1. The maximum Gasteiger partial charge on any atom is 0.255 e. The zero-order valence-electron chi connectivity index (χ0n) is 10.3. The summed E-state index contributed by atoms with van der Waals surface area (Å²) in [7, 11) is 0. The Balaban J connectivity index is 1.99. The first-order valence-electron chi connectivity index (χ1n) is 5.99. The lowest BCUT2D eigenvalue weighted by Gasteiger charge is -2.17. The van der Waals surface area contributed by atoms with Gasteiger partial charge in [-0.05, 0) is 5.56 Å². The van der Waals surface area contributed by atoms with Crippen LogP contribution in [0.25, 0.3) is 0 Å². The van der Waals surface area contributed by atoms with Crippen LogP contribution in [0, 0.1) is 0 Å². The van der Waals surface area contributed by atoms with E-state index in [-0.39, 0.29) is 18.1 Å². The third-order valence-corrected chi connectivity index (χ3v) is 2.87. The molecule has 0 aromatic heterocycles. The maximum absolute atomic E-state index is 12.2. The van der Waals surface area contributed by atoms with Gasteiger partial charge in [-0.1, -0.05) is 42.5 Å². The van der Waals surface area contributed by atoms with E-state index in [1.807, 2.05) is 30.3 Å². The van der Waals surface area contributed by atoms with Crippen molar-refractivity contribution in [3.8, 4) is 0 Å². The van der Waals surface area contributed by atoms with Crippen molar-refractivity contribution in [3.05, 3.63) is 61.2 Å². The van der Waals surface area contributed by atoms with Crippen molar-refractivity contribution >= 4 is 5.91 Å². The molecule has 0 bridgehead atoms. The minimum atomic E-state index is -0.354. The van der Waals surface area contributed by atoms with E-state index in [1.54, 1.807) is 17.1 Å². The van der Waals surface area contributed by atoms with Crippen molar-refractivity contribution in [1.29, 1.82) is 0 Å². The predicted molar refractivity (Wildman–Crippen MR) is 71.0 cm³/mol. The van der Waals surface area contributed by atoms with E-state index >= 15 is 0 Å². The molecule has 0 unspecified atom stereocenters. The lowest BCUT2D eigenvalue weighted by Crippen LogP contribution is -2.34. The third-order valence-electron chi connectivity index (χ3n) is 2.87. The highest BCUT2D eigenvalue weighted by molar-refractivity contribution is 5.84. The number of nitrogens with zero attached hydrogens (tertiary/aromatic N) is 1. The molecule has 2 rings (SSSR count). The Labute approximate surface area is 107 Å². The van der Waals surface area contributed by atoms with Crippen LogP contribution in [0.1, 0.15) is 11.7 Å². The Morgan fingerprint density at radius 2 is 1.83 bits per heavy atom. The van der Waals surface area contributed by atoms with E-state index in [0.717, 1.165) is 5.56 Å². The molecule has 18 heavy (non-hydrogen) atoms. The molecule has 0 spiro atoms. The number of hydrogen-bond acceptors (Lipinski definition) is 2. The smallest absolute Gasteiger partial charge is 0.255 e. The molecule has 3 heteroatoms. The van der Waals surface area contributed by atoms with Crippen LogP contribution in [0.4, 0.5) is 0 Å². The quantitative estimate of drug-likeness (QED) is 0.567. The summed E-state index contributed by atoms with van der Waals surface area (Å²) in [4.78, 5) is 13.9. The van der Waals surface area contributed by atoms with Crippen LogP contribution in [-0.4, -0.2) is 30.0 Å². The number of rotatable bonds is 6.